The summed E-state index contributed by atoms with van der Waals surface area (Å²) in [6.07, 6.45) is 5.36. The van der Waals surface area contributed by atoms with Crippen molar-refractivity contribution < 1.29 is 18.7 Å². The van der Waals surface area contributed by atoms with Gasteiger partial charge < -0.3 is 14.5 Å². The molecule has 2 aromatic rings. The van der Waals surface area contributed by atoms with Gasteiger partial charge in [-0.05, 0) is 50.5 Å². The molecule has 30 heavy (non-hydrogen) atoms. The van der Waals surface area contributed by atoms with E-state index in [1.807, 2.05) is 26.0 Å². The molecule has 0 radical (unpaired) electrons. The number of furan rings is 1. The summed E-state index contributed by atoms with van der Waals surface area (Å²) in [5, 5.41) is 2.80. The van der Waals surface area contributed by atoms with Crippen LogP contribution in [0.25, 0.3) is 0 Å². The SMILES string of the molecule is CCc1ccc(C(=O)NC2=NC(C)(c3ccco3)C(C(=O)C3CCOCC3)S2)cn1. The number of thioether (sulfide) groups is 1. The van der Waals surface area contributed by atoms with Gasteiger partial charge in [-0.2, -0.15) is 0 Å². The maximum absolute atomic E-state index is 13.4. The smallest absolute Gasteiger partial charge is 0.258 e. The van der Waals surface area contributed by atoms with Crippen molar-refractivity contribution in [1.29, 1.82) is 0 Å². The standard InChI is InChI=1S/C22H25N3O4S/c1-3-16-7-6-15(13-23-16)20(27)24-21-25-22(2,17-5-4-10-29-17)19(30-21)18(26)14-8-11-28-12-9-14/h4-7,10,13-14,19H,3,8-9,11-12H2,1-2H3,(H,24,25,27). The molecule has 0 spiro atoms. The first-order chi connectivity index (χ1) is 14.5. The number of rotatable bonds is 5. The molecular weight excluding hydrogens is 402 g/mol. The molecule has 0 aliphatic carbocycles. The third kappa shape index (κ3) is 4.06. The molecule has 1 N–H and O–H groups in total. The third-order valence-corrected chi connectivity index (χ3v) is 6.99. The summed E-state index contributed by atoms with van der Waals surface area (Å²) in [6, 6.07) is 7.20. The summed E-state index contributed by atoms with van der Waals surface area (Å²) >= 11 is 1.30. The van der Waals surface area contributed by atoms with Crippen molar-refractivity contribution >= 4 is 28.6 Å². The number of amidine groups is 1. The van der Waals surface area contributed by atoms with E-state index in [1.165, 1.54) is 11.8 Å². The fourth-order valence-electron chi connectivity index (χ4n) is 3.80. The number of ketones is 1. The summed E-state index contributed by atoms with van der Waals surface area (Å²) in [4.78, 5) is 35.1. The lowest BCUT2D eigenvalue weighted by Crippen LogP contribution is -2.40. The number of pyridine rings is 1. The first-order valence-electron chi connectivity index (χ1n) is 10.2. The number of hydrogen-bond donors (Lipinski definition) is 1. The van der Waals surface area contributed by atoms with Crippen LogP contribution < -0.4 is 5.32 Å². The molecule has 4 rings (SSSR count). The number of aromatic nitrogens is 1. The highest BCUT2D eigenvalue weighted by Crippen LogP contribution is 2.45. The number of carbonyl (C=O) groups excluding carboxylic acids is 2. The van der Waals surface area contributed by atoms with Crippen molar-refractivity contribution in [2.75, 3.05) is 13.2 Å². The van der Waals surface area contributed by atoms with E-state index in [2.05, 4.69) is 10.3 Å². The fourth-order valence-corrected chi connectivity index (χ4v) is 5.12. The van der Waals surface area contributed by atoms with E-state index in [1.54, 1.807) is 24.6 Å². The van der Waals surface area contributed by atoms with Crippen LogP contribution in [0, 0.1) is 5.92 Å². The summed E-state index contributed by atoms with van der Waals surface area (Å²) in [5.41, 5.74) is 0.497. The summed E-state index contributed by atoms with van der Waals surface area (Å²) in [5.74, 6) is 0.377. The molecule has 1 saturated heterocycles. The lowest BCUT2D eigenvalue weighted by Gasteiger charge is -2.29. The number of aliphatic imine (C=N–C) groups is 1. The van der Waals surface area contributed by atoms with Gasteiger partial charge in [0.1, 0.15) is 16.5 Å². The van der Waals surface area contributed by atoms with Gasteiger partial charge in [0.15, 0.2) is 11.0 Å². The van der Waals surface area contributed by atoms with E-state index in [4.69, 9.17) is 14.1 Å². The monoisotopic (exact) mass is 427 g/mol. The van der Waals surface area contributed by atoms with E-state index in [0.29, 0.717) is 42.5 Å². The summed E-state index contributed by atoms with van der Waals surface area (Å²) < 4.78 is 11.0. The number of aryl methyl sites for hydroxylation is 1. The van der Waals surface area contributed by atoms with Gasteiger partial charge in [0.2, 0.25) is 0 Å². The second kappa shape index (κ2) is 8.73. The predicted octanol–water partition coefficient (Wildman–Crippen LogP) is 3.35. The summed E-state index contributed by atoms with van der Waals surface area (Å²) in [7, 11) is 0. The van der Waals surface area contributed by atoms with Gasteiger partial charge in [0.05, 0.1) is 11.8 Å². The van der Waals surface area contributed by atoms with Crippen LogP contribution in [0.4, 0.5) is 0 Å². The van der Waals surface area contributed by atoms with Gasteiger partial charge in [-0.25, -0.2) is 4.99 Å². The number of ether oxygens (including phenoxy) is 1. The maximum Gasteiger partial charge on any atom is 0.258 e. The minimum atomic E-state index is -0.878. The Morgan fingerprint density at radius 3 is 2.70 bits per heavy atom. The number of hydrogen-bond acceptors (Lipinski definition) is 7. The van der Waals surface area contributed by atoms with Crippen LogP contribution in [-0.4, -0.2) is 40.3 Å². The zero-order chi connectivity index (χ0) is 21.1. The first kappa shape index (κ1) is 20.8. The molecule has 1 fully saturated rings. The van der Waals surface area contributed by atoms with Crippen molar-refractivity contribution in [2.45, 2.75) is 43.9 Å². The van der Waals surface area contributed by atoms with Crippen molar-refractivity contribution in [3.63, 3.8) is 0 Å². The number of Topliss-reactive ketones (excluding diaryl/α,β-unsaturated/α-hetero) is 1. The Bertz CT molecular complexity index is 936. The molecule has 8 heteroatoms. The van der Waals surface area contributed by atoms with Crippen molar-refractivity contribution in [3.8, 4) is 0 Å². The molecular formula is C22H25N3O4S. The van der Waals surface area contributed by atoms with E-state index < -0.39 is 10.8 Å². The van der Waals surface area contributed by atoms with Crippen LogP contribution in [-0.2, 0) is 21.5 Å². The lowest BCUT2D eigenvalue weighted by atomic mass is 9.84. The molecule has 2 aliphatic heterocycles. The Morgan fingerprint density at radius 2 is 2.07 bits per heavy atom. The Labute approximate surface area is 179 Å². The minimum absolute atomic E-state index is 0.0680. The van der Waals surface area contributed by atoms with E-state index >= 15 is 0 Å². The number of carbonyl (C=O) groups is 2. The average molecular weight is 428 g/mol. The highest BCUT2D eigenvalue weighted by Gasteiger charge is 2.50. The maximum atomic E-state index is 13.4. The highest BCUT2D eigenvalue weighted by molar-refractivity contribution is 8.15. The Morgan fingerprint density at radius 1 is 1.27 bits per heavy atom. The van der Waals surface area contributed by atoms with Gasteiger partial charge in [-0.3, -0.25) is 14.6 Å². The predicted molar refractivity (Wildman–Crippen MR) is 115 cm³/mol. The Hall–Kier alpha value is -2.45. The molecule has 0 bridgehead atoms. The molecule has 158 valence electrons. The normalized spacial score (nSPS) is 24.5. The Kier molecular flexibility index (Phi) is 6.06. The van der Waals surface area contributed by atoms with Gasteiger partial charge in [0.25, 0.3) is 5.91 Å². The highest BCUT2D eigenvalue weighted by atomic mass is 32.2. The van der Waals surface area contributed by atoms with E-state index in [0.717, 1.165) is 12.1 Å². The molecule has 2 aliphatic rings. The number of nitrogens with one attached hydrogen (secondary N) is 1. The van der Waals surface area contributed by atoms with Gasteiger partial charge in [-0.1, -0.05) is 18.7 Å². The largest absolute Gasteiger partial charge is 0.467 e. The second-order valence-corrected chi connectivity index (χ2v) is 8.77. The third-order valence-electron chi connectivity index (χ3n) is 5.65. The van der Waals surface area contributed by atoms with Crippen LogP contribution in [0.2, 0.25) is 0 Å². The molecule has 0 saturated carbocycles. The van der Waals surface area contributed by atoms with E-state index in [9.17, 15) is 9.59 Å². The zero-order valence-electron chi connectivity index (χ0n) is 17.1. The average Bonchev–Trinajstić information content (AvgIpc) is 3.43. The van der Waals surface area contributed by atoms with Crippen LogP contribution in [0.15, 0.2) is 46.1 Å². The molecule has 0 aromatic carbocycles. The number of amides is 1. The molecule has 2 unspecified atom stereocenters. The van der Waals surface area contributed by atoms with Crippen molar-refractivity contribution in [3.05, 3.63) is 53.7 Å². The topological polar surface area (TPSA) is 93.8 Å². The molecule has 1 amide bonds. The van der Waals surface area contributed by atoms with Crippen LogP contribution in [0.3, 0.4) is 0 Å². The van der Waals surface area contributed by atoms with Gasteiger partial charge >= 0.3 is 0 Å². The second-order valence-electron chi connectivity index (χ2n) is 7.67. The Balaban J connectivity index is 1.56. The van der Waals surface area contributed by atoms with Crippen molar-refractivity contribution in [2.24, 2.45) is 10.9 Å². The van der Waals surface area contributed by atoms with Gasteiger partial charge in [0, 0.05) is 31.0 Å². The van der Waals surface area contributed by atoms with Crippen LogP contribution in [0.1, 0.15) is 48.5 Å². The quantitative estimate of drug-likeness (QED) is 0.787. The zero-order valence-corrected chi connectivity index (χ0v) is 17.9. The molecule has 4 heterocycles. The van der Waals surface area contributed by atoms with Crippen molar-refractivity contribution in [1.82, 2.24) is 10.3 Å². The molecule has 7 nitrogen and oxygen atoms in total. The number of nitrogens with zero attached hydrogens (tertiary/aromatic N) is 2. The summed E-state index contributed by atoms with van der Waals surface area (Å²) in [6.45, 7) is 5.08. The molecule has 2 atom stereocenters. The van der Waals surface area contributed by atoms with Gasteiger partial charge in [-0.15, -0.1) is 0 Å². The fraction of sp³-hybridized carbons (Fsp3) is 0.455. The van der Waals surface area contributed by atoms with E-state index in [-0.39, 0.29) is 17.6 Å². The molecule has 2 aromatic heterocycles. The minimum Gasteiger partial charge on any atom is -0.467 e. The van der Waals surface area contributed by atoms with Crippen LogP contribution in [0.5, 0.6) is 0 Å². The van der Waals surface area contributed by atoms with Crippen LogP contribution >= 0.6 is 11.8 Å². The first-order valence-corrected chi connectivity index (χ1v) is 11.1. The lowest BCUT2D eigenvalue weighted by molar-refractivity contribution is -0.126.